The number of ether oxygens (including phenoxy) is 1. The number of benzene rings is 2. The molecule has 2 aromatic carbocycles. The standard InChI is InChI=1S/C14H10Cl2FNOS/c15-10-2-4-13(11(16)6-10)19-7-9-5-8(14(18)20)1-3-12(9)17/h1-6H,7H2,(H2,18,20). The van der Waals surface area contributed by atoms with E-state index in [1.807, 2.05) is 0 Å². The molecule has 6 heteroatoms. The number of rotatable bonds is 4. The summed E-state index contributed by atoms with van der Waals surface area (Å²) in [5.41, 5.74) is 6.45. The van der Waals surface area contributed by atoms with Crippen molar-refractivity contribution in [1.29, 1.82) is 0 Å². The first kappa shape index (κ1) is 15.0. The van der Waals surface area contributed by atoms with Crippen molar-refractivity contribution in [2.45, 2.75) is 6.61 Å². The second-order valence-corrected chi connectivity index (χ2v) is 5.32. The van der Waals surface area contributed by atoms with Crippen molar-refractivity contribution in [3.63, 3.8) is 0 Å². The minimum absolute atomic E-state index is 0.0175. The highest BCUT2D eigenvalue weighted by Gasteiger charge is 2.08. The van der Waals surface area contributed by atoms with Crippen LogP contribution in [0.15, 0.2) is 36.4 Å². The fourth-order valence-corrected chi connectivity index (χ4v) is 2.18. The zero-order valence-electron chi connectivity index (χ0n) is 10.2. The van der Waals surface area contributed by atoms with E-state index in [4.69, 9.17) is 45.9 Å². The van der Waals surface area contributed by atoms with Crippen molar-refractivity contribution in [3.05, 3.63) is 63.4 Å². The Bertz CT molecular complexity index is 664. The molecule has 0 radical (unpaired) electrons. The Kier molecular flexibility index (Phi) is 4.81. The summed E-state index contributed by atoms with van der Waals surface area (Å²) in [5.74, 6) is 0.0336. The van der Waals surface area contributed by atoms with Gasteiger partial charge in [0.05, 0.1) is 5.02 Å². The van der Waals surface area contributed by atoms with Crippen molar-refractivity contribution >= 4 is 40.4 Å². The molecule has 0 aromatic heterocycles. The lowest BCUT2D eigenvalue weighted by Crippen LogP contribution is -2.10. The Labute approximate surface area is 131 Å². The average Bonchev–Trinajstić information content (AvgIpc) is 2.39. The van der Waals surface area contributed by atoms with Gasteiger partial charge in [0.25, 0.3) is 0 Å². The predicted octanol–water partition coefficient (Wildman–Crippen LogP) is 4.35. The van der Waals surface area contributed by atoms with Crippen LogP contribution in [-0.2, 0) is 6.61 Å². The van der Waals surface area contributed by atoms with Crippen molar-refractivity contribution in [1.82, 2.24) is 0 Å². The molecule has 0 spiro atoms. The van der Waals surface area contributed by atoms with Crippen molar-refractivity contribution in [3.8, 4) is 5.75 Å². The topological polar surface area (TPSA) is 35.2 Å². The van der Waals surface area contributed by atoms with Crippen molar-refractivity contribution < 1.29 is 9.13 Å². The third-order valence-corrected chi connectivity index (χ3v) is 3.37. The Morgan fingerprint density at radius 1 is 1.20 bits per heavy atom. The molecule has 2 N–H and O–H groups in total. The first-order chi connectivity index (χ1) is 9.47. The van der Waals surface area contributed by atoms with Gasteiger partial charge < -0.3 is 10.5 Å². The predicted molar refractivity (Wildman–Crippen MR) is 83.1 cm³/mol. The largest absolute Gasteiger partial charge is 0.487 e. The normalized spacial score (nSPS) is 10.3. The molecule has 0 aliphatic heterocycles. The average molecular weight is 330 g/mol. The van der Waals surface area contributed by atoms with Crippen LogP contribution in [0.1, 0.15) is 11.1 Å². The first-order valence-electron chi connectivity index (χ1n) is 5.63. The van der Waals surface area contributed by atoms with E-state index in [9.17, 15) is 4.39 Å². The number of hydrogen-bond donors (Lipinski definition) is 1. The lowest BCUT2D eigenvalue weighted by atomic mass is 10.1. The van der Waals surface area contributed by atoms with Crippen LogP contribution in [0.4, 0.5) is 4.39 Å². The van der Waals surface area contributed by atoms with Crippen LogP contribution in [0.3, 0.4) is 0 Å². The molecular formula is C14H10Cl2FNOS. The van der Waals surface area contributed by atoms with E-state index in [1.54, 1.807) is 24.3 Å². The van der Waals surface area contributed by atoms with Gasteiger partial charge in [0.2, 0.25) is 0 Å². The summed E-state index contributed by atoms with van der Waals surface area (Å²) in [7, 11) is 0. The molecule has 0 unspecified atom stereocenters. The van der Waals surface area contributed by atoms with Gasteiger partial charge in [-0.3, -0.25) is 0 Å². The van der Waals surface area contributed by atoms with E-state index >= 15 is 0 Å². The summed E-state index contributed by atoms with van der Waals surface area (Å²) >= 11 is 16.6. The molecule has 0 atom stereocenters. The lowest BCUT2D eigenvalue weighted by Gasteiger charge is -2.10. The number of nitrogens with two attached hydrogens (primary N) is 1. The summed E-state index contributed by atoms with van der Waals surface area (Å²) in [6, 6.07) is 9.21. The van der Waals surface area contributed by atoms with Gasteiger partial charge in [-0.1, -0.05) is 35.4 Å². The Hall–Kier alpha value is -1.36. The maximum Gasteiger partial charge on any atom is 0.138 e. The molecule has 0 bridgehead atoms. The molecule has 2 nitrogen and oxygen atoms in total. The van der Waals surface area contributed by atoms with Crippen LogP contribution in [0.25, 0.3) is 0 Å². The minimum Gasteiger partial charge on any atom is -0.487 e. The Balaban J connectivity index is 2.18. The van der Waals surface area contributed by atoms with Gasteiger partial charge in [-0.25, -0.2) is 4.39 Å². The molecule has 104 valence electrons. The second-order valence-electron chi connectivity index (χ2n) is 4.03. The van der Waals surface area contributed by atoms with Crippen LogP contribution >= 0.6 is 35.4 Å². The van der Waals surface area contributed by atoms with Crippen LogP contribution in [0, 0.1) is 5.82 Å². The van der Waals surface area contributed by atoms with E-state index in [2.05, 4.69) is 0 Å². The molecule has 0 heterocycles. The van der Waals surface area contributed by atoms with Crippen molar-refractivity contribution in [2.75, 3.05) is 0 Å². The van der Waals surface area contributed by atoms with Gasteiger partial charge in [-0.2, -0.15) is 0 Å². The zero-order chi connectivity index (χ0) is 14.7. The van der Waals surface area contributed by atoms with Crippen LogP contribution < -0.4 is 10.5 Å². The number of thiocarbonyl (C=S) groups is 1. The van der Waals surface area contributed by atoms with Gasteiger partial charge in [0.15, 0.2) is 0 Å². The first-order valence-corrected chi connectivity index (χ1v) is 6.80. The zero-order valence-corrected chi connectivity index (χ0v) is 12.5. The Morgan fingerprint density at radius 2 is 1.95 bits per heavy atom. The molecule has 20 heavy (non-hydrogen) atoms. The highest BCUT2D eigenvalue weighted by atomic mass is 35.5. The molecule has 0 saturated heterocycles. The number of halogens is 3. The highest BCUT2D eigenvalue weighted by molar-refractivity contribution is 7.80. The van der Waals surface area contributed by atoms with Crippen LogP contribution in [0.2, 0.25) is 10.0 Å². The van der Waals surface area contributed by atoms with Crippen LogP contribution in [0.5, 0.6) is 5.75 Å². The fourth-order valence-electron chi connectivity index (χ4n) is 1.59. The smallest absolute Gasteiger partial charge is 0.138 e. The maximum atomic E-state index is 13.7. The fraction of sp³-hybridized carbons (Fsp3) is 0.0714. The van der Waals surface area contributed by atoms with E-state index in [1.165, 1.54) is 12.1 Å². The molecule has 0 saturated carbocycles. The van der Waals surface area contributed by atoms with E-state index < -0.39 is 5.82 Å². The van der Waals surface area contributed by atoms with E-state index in [0.29, 0.717) is 26.9 Å². The summed E-state index contributed by atoms with van der Waals surface area (Å²) < 4.78 is 19.2. The molecule has 2 rings (SSSR count). The van der Waals surface area contributed by atoms with E-state index in [0.717, 1.165) is 0 Å². The van der Waals surface area contributed by atoms with Gasteiger partial charge in [0, 0.05) is 16.1 Å². The third-order valence-electron chi connectivity index (χ3n) is 2.61. The number of hydrogen-bond acceptors (Lipinski definition) is 2. The highest BCUT2D eigenvalue weighted by Crippen LogP contribution is 2.28. The van der Waals surface area contributed by atoms with Crippen LogP contribution in [-0.4, -0.2) is 4.99 Å². The second kappa shape index (κ2) is 6.39. The molecule has 0 fully saturated rings. The van der Waals surface area contributed by atoms with Gasteiger partial charge in [-0.05, 0) is 36.4 Å². The monoisotopic (exact) mass is 329 g/mol. The summed E-state index contributed by atoms with van der Waals surface area (Å²) in [6.07, 6.45) is 0. The van der Waals surface area contributed by atoms with Gasteiger partial charge in [-0.15, -0.1) is 0 Å². The molecular weight excluding hydrogens is 320 g/mol. The third kappa shape index (κ3) is 3.60. The molecule has 0 aliphatic rings. The molecule has 0 amide bonds. The summed E-state index contributed by atoms with van der Waals surface area (Å²) in [5, 5.41) is 0.868. The summed E-state index contributed by atoms with van der Waals surface area (Å²) in [6.45, 7) is 0.0175. The molecule has 0 aliphatic carbocycles. The summed E-state index contributed by atoms with van der Waals surface area (Å²) in [4.78, 5) is 0.204. The van der Waals surface area contributed by atoms with Gasteiger partial charge in [0.1, 0.15) is 23.2 Å². The maximum absolute atomic E-state index is 13.7. The van der Waals surface area contributed by atoms with E-state index in [-0.39, 0.29) is 11.6 Å². The van der Waals surface area contributed by atoms with Gasteiger partial charge >= 0.3 is 0 Å². The van der Waals surface area contributed by atoms with Crippen molar-refractivity contribution in [2.24, 2.45) is 5.73 Å². The molecule has 2 aromatic rings. The Morgan fingerprint density at radius 3 is 2.60 bits per heavy atom. The minimum atomic E-state index is -0.393. The quantitative estimate of drug-likeness (QED) is 0.847. The SMILES string of the molecule is NC(=S)c1ccc(F)c(COc2ccc(Cl)cc2Cl)c1. The lowest BCUT2D eigenvalue weighted by molar-refractivity contribution is 0.300.